The molecule has 1 aliphatic carbocycles. The van der Waals surface area contributed by atoms with Crippen LogP contribution >= 0.6 is 0 Å². The molecule has 2 aliphatic heterocycles. The number of ether oxygens (including phenoxy) is 1. The zero-order valence-electron chi connectivity index (χ0n) is 17.2. The standard InChI is InChI=1S/C25H30N2O2/c1-29-21-9-6-18(7-10-21)19-12-15-26(16-13-19)24-14-17-27(25(24)28)23-11-8-20-4-2-3-5-22(20)23/h2-7,9-10,19,23-24H,8,11-17H2,1H3. The smallest absolute Gasteiger partial charge is 0.240 e. The van der Waals surface area contributed by atoms with Gasteiger partial charge < -0.3 is 9.64 Å². The molecule has 0 bridgehead atoms. The van der Waals surface area contributed by atoms with Crippen molar-refractivity contribution in [3.63, 3.8) is 0 Å². The van der Waals surface area contributed by atoms with E-state index in [0.29, 0.717) is 17.9 Å². The molecule has 152 valence electrons. The van der Waals surface area contributed by atoms with Gasteiger partial charge in [0.1, 0.15) is 5.75 Å². The van der Waals surface area contributed by atoms with Gasteiger partial charge in [0, 0.05) is 6.54 Å². The highest BCUT2D eigenvalue weighted by molar-refractivity contribution is 5.84. The van der Waals surface area contributed by atoms with E-state index in [4.69, 9.17) is 4.74 Å². The van der Waals surface area contributed by atoms with Gasteiger partial charge in [-0.15, -0.1) is 0 Å². The molecule has 3 aliphatic rings. The fourth-order valence-electron chi connectivity index (χ4n) is 5.61. The van der Waals surface area contributed by atoms with E-state index in [0.717, 1.165) is 57.5 Å². The lowest BCUT2D eigenvalue weighted by Crippen LogP contribution is -2.45. The van der Waals surface area contributed by atoms with Crippen molar-refractivity contribution in [1.29, 1.82) is 0 Å². The third-order valence-corrected chi connectivity index (χ3v) is 7.25. The number of amides is 1. The normalized spacial score (nSPS) is 25.4. The average Bonchev–Trinajstić information content (AvgIpc) is 3.37. The average molecular weight is 391 g/mol. The van der Waals surface area contributed by atoms with Crippen LogP contribution in [0.25, 0.3) is 0 Å². The lowest BCUT2D eigenvalue weighted by Gasteiger charge is -2.35. The molecule has 0 aromatic heterocycles. The van der Waals surface area contributed by atoms with Crippen molar-refractivity contribution < 1.29 is 9.53 Å². The Morgan fingerprint density at radius 2 is 1.62 bits per heavy atom. The predicted octanol–water partition coefficient (Wildman–Crippen LogP) is 4.16. The fourth-order valence-corrected chi connectivity index (χ4v) is 5.61. The molecule has 4 heteroatoms. The van der Waals surface area contributed by atoms with Gasteiger partial charge in [-0.1, -0.05) is 36.4 Å². The van der Waals surface area contributed by atoms with Gasteiger partial charge >= 0.3 is 0 Å². The van der Waals surface area contributed by atoms with E-state index in [-0.39, 0.29) is 6.04 Å². The van der Waals surface area contributed by atoms with Crippen LogP contribution in [0.2, 0.25) is 0 Å². The van der Waals surface area contributed by atoms with E-state index in [1.165, 1.54) is 16.7 Å². The Morgan fingerprint density at radius 3 is 2.38 bits per heavy atom. The summed E-state index contributed by atoms with van der Waals surface area (Å²) in [6, 6.07) is 17.5. The van der Waals surface area contributed by atoms with Gasteiger partial charge in [-0.25, -0.2) is 0 Å². The van der Waals surface area contributed by atoms with Crippen molar-refractivity contribution in [1.82, 2.24) is 9.80 Å². The van der Waals surface area contributed by atoms with E-state index in [9.17, 15) is 4.79 Å². The first kappa shape index (κ1) is 18.7. The van der Waals surface area contributed by atoms with Crippen LogP contribution in [0.5, 0.6) is 5.75 Å². The van der Waals surface area contributed by atoms with Gasteiger partial charge in [-0.05, 0) is 79.9 Å². The monoisotopic (exact) mass is 390 g/mol. The third kappa shape index (κ3) is 3.44. The Labute approximate surface area is 173 Å². The van der Waals surface area contributed by atoms with Crippen LogP contribution in [0.1, 0.15) is 54.3 Å². The number of nitrogens with zero attached hydrogens (tertiary/aromatic N) is 2. The quantitative estimate of drug-likeness (QED) is 0.786. The number of benzene rings is 2. The van der Waals surface area contributed by atoms with Crippen molar-refractivity contribution >= 4 is 5.91 Å². The summed E-state index contributed by atoms with van der Waals surface area (Å²) in [4.78, 5) is 17.9. The summed E-state index contributed by atoms with van der Waals surface area (Å²) in [7, 11) is 1.71. The molecule has 2 saturated heterocycles. The lowest BCUT2D eigenvalue weighted by molar-refractivity contribution is -0.134. The molecule has 0 N–H and O–H groups in total. The molecule has 2 aromatic carbocycles. The predicted molar refractivity (Wildman–Crippen MR) is 114 cm³/mol. The Bertz CT molecular complexity index is 871. The van der Waals surface area contributed by atoms with Gasteiger partial charge in [0.25, 0.3) is 0 Å². The van der Waals surface area contributed by atoms with E-state index in [1.54, 1.807) is 7.11 Å². The van der Waals surface area contributed by atoms with Crippen LogP contribution in [0.3, 0.4) is 0 Å². The van der Waals surface area contributed by atoms with E-state index < -0.39 is 0 Å². The van der Waals surface area contributed by atoms with Crippen molar-refractivity contribution in [2.24, 2.45) is 0 Å². The Balaban J connectivity index is 1.21. The van der Waals surface area contributed by atoms with Crippen LogP contribution in [-0.2, 0) is 11.2 Å². The molecule has 29 heavy (non-hydrogen) atoms. The second-order valence-electron chi connectivity index (χ2n) is 8.67. The first-order valence-electron chi connectivity index (χ1n) is 11.0. The highest BCUT2D eigenvalue weighted by Gasteiger charge is 2.42. The molecular formula is C25H30N2O2. The fraction of sp³-hybridized carbons (Fsp3) is 0.480. The Morgan fingerprint density at radius 1 is 0.862 bits per heavy atom. The summed E-state index contributed by atoms with van der Waals surface area (Å²) < 4.78 is 5.28. The summed E-state index contributed by atoms with van der Waals surface area (Å²) in [6.07, 6.45) is 5.41. The summed E-state index contributed by atoms with van der Waals surface area (Å²) >= 11 is 0. The van der Waals surface area contributed by atoms with Gasteiger partial charge in [0.05, 0.1) is 19.2 Å². The minimum atomic E-state index is 0.0829. The van der Waals surface area contributed by atoms with Crippen LogP contribution in [-0.4, -0.2) is 48.5 Å². The summed E-state index contributed by atoms with van der Waals surface area (Å²) in [5.74, 6) is 1.86. The number of fused-ring (bicyclic) bond motifs is 1. The number of methoxy groups -OCH3 is 1. The van der Waals surface area contributed by atoms with Gasteiger partial charge in [-0.3, -0.25) is 9.69 Å². The van der Waals surface area contributed by atoms with Crippen molar-refractivity contribution in [3.8, 4) is 5.75 Å². The molecule has 2 atom stereocenters. The van der Waals surface area contributed by atoms with Crippen molar-refractivity contribution in [2.45, 2.75) is 50.1 Å². The van der Waals surface area contributed by atoms with Crippen molar-refractivity contribution in [2.75, 3.05) is 26.7 Å². The van der Waals surface area contributed by atoms with Crippen LogP contribution in [0.4, 0.5) is 0 Å². The molecule has 4 nitrogen and oxygen atoms in total. The summed E-state index contributed by atoms with van der Waals surface area (Å²) in [5, 5.41) is 0. The molecular weight excluding hydrogens is 360 g/mol. The van der Waals surface area contributed by atoms with Gasteiger partial charge in [0.2, 0.25) is 5.91 Å². The summed E-state index contributed by atoms with van der Waals surface area (Å²) in [6.45, 7) is 2.94. The van der Waals surface area contributed by atoms with Crippen LogP contribution in [0.15, 0.2) is 48.5 Å². The molecule has 0 radical (unpaired) electrons. The van der Waals surface area contributed by atoms with Crippen LogP contribution < -0.4 is 4.74 Å². The number of rotatable bonds is 4. The van der Waals surface area contributed by atoms with Crippen molar-refractivity contribution in [3.05, 3.63) is 65.2 Å². The second kappa shape index (κ2) is 7.83. The molecule has 2 unspecified atom stereocenters. The Kier molecular flexibility index (Phi) is 5.04. The maximum atomic E-state index is 13.3. The third-order valence-electron chi connectivity index (χ3n) is 7.25. The highest BCUT2D eigenvalue weighted by Crippen LogP contribution is 2.39. The molecule has 0 spiro atoms. The zero-order chi connectivity index (χ0) is 19.8. The largest absolute Gasteiger partial charge is 0.497 e. The minimum Gasteiger partial charge on any atom is -0.497 e. The van der Waals surface area contributed by atoms with E-state index >= 15 is 0 Å². The SMILES string of the molecule is COc1ccc(C2CCN(C3CCN(C4CCc5ccccc54)C3=O)CC2)cc1. The first-order chi connectivity index (χ1) is 14.2. The number of aryl methyl sites for hydroxylation is 1. The zero-order valence-corrected chi connectivity index (χ0v) is 17.2. The maximum Gasteiger partial charge on any atom is 0.240 e. The molecule has 2 heterocycles. The van der Waals surface area contributed by atoms with Gasteiger partial charge in [-0.2, -0.15) is 0 Å². The molecule has 5 rings (SSSR count). The highest BCUT2D eigenvalue weighted by atomic mass is 16.5. The molecule has 2 fully saturated rings. The van der Waals surface area contributed by atoms with Gasteiger partial charge in [0.15, 0.2) is 0 Å². The topological polar surface area (TPSA) is 32.8 Å². The number of piperidine rings is 1. The number of likely N-dealkylation sites (tertiary alicyclic amines) is 2. The lowest BCUT2D eigenvalue weighted by atomic mass is 9.88. The molecule has 0 saturated carbocycles. The maximum absolute atomic E-state index is 13.3. The number of carbonyl (C=O) groups is 1. The van der Waals surface area contributed by atoms with E-state index in [1.807, 2.05) is 0 Å². The molecule has 2 aromatic rings. The second-order valence-corrected chi connectivity index (χ2v) is 8.67. The first-order valence-corrected chi connectivity index (χ1v) is 11.0. The van der Waals surface area contributed by atoms with E-state index in [2.05, 4.69) is 58.3 Å². The number of carbonyl (C=O) groups excluding carboxylic acids is 1. The number of hydrogen-bond donors (Lipinski definition) is 0. The minimum absolute atomic E-state index is 0.0829. The number of hydrogen-bond acceptors (Lipinski definition) is 3. The van der Waals surface area contributed by atoms with Crippen LogP contribution in [0, 0.1) is 0 Å². The Hall–Kier alpha value is -2.33. The molecule has 1 amide bonds. The summed E-state index contributed by atoms with van der Waals surface area (Å²) in [5.41, 5.74) is 4.20.